The van der Waals surface area contributed by atoms with Crippen molar-refractivity contribution in [3.05, 3.63) is 40.4 Å². The molecule has 2 heterocycles. The number of nitrogens with zero attached hydrogens (tertiary/aromatic N) is 5. The maximum Gasteiger partial charge on any atom is 0.191 e. The van der Waals surface area contributed by atoms with Crippen molar-refractivity contribution in [3.8, 4) is 0 Å². The van der Waals surface area contributed by atoms with Crippen molar-refractivity contribution in [2.45, 2.75) is 25.9 Å². The van der Waals surface area contributed by atoms with Crippen LogP contribution < -0.4 is 15.5 Å². The highest BCUT2D eigenvalue weighted by Gasteiger charge is 2.23. The summed E-state index contributed by atoms with van der Waals surface area (Å²) in [4.78, 5) is 6.72. The third-order valence-electron chi connectivity index (χ3n) is 4.54. The molecule has 0 aliphatic carbocycles. The average Bonchev–Trinajstić information content (AvgIpc) is 3.20. The van der Waals surface area contributed by atoms with Crippen LogP contribution >= 0.6 is 15.9 Å². The summed E-state index contributed by atoms with van der Waals surface area (Å²) >= 11 is 3.48. The van der Waals surface area contributed by atoms with E-state index < -0.39 is 0 Å². The Labute approximate surface area is 156 Å². The van der Waals surface area contributed by atoms with Crippen LogP contribution in [0.4, 0.5) is 5.69 Å². The van der Waals surface area contributed by atoms with Crippen molar-refractivity contribution in [1.82, 2.24) is 25.4 Å². The zero-order valence-electron chi connectivity index (χ0n) is 14.8. The van der Waals surface area contributed by atoms with E-state index in [0.29, 0.717) is 12.6 Å². The Balaban J connectivity index is 1.52. The van der Waals surface area contributed by atoms with E-state index in [4.69, 9.17) is 0 Å². The van der Waals surface area contributed by atoms with Gasteiger partial charge in [-0.2, -0.15) is 0 Å². The van der Waals surface area contributed by atoms with E-state index in [9.17, 15) is 0 Å². The lowest BCUT2D eigenvalue weighted by molar-refractivity contribution is 0.639. The normalized spacial score (nSPS) is 17.8. The fourth-order valence-corrected chi connectivity index (χ4v) is 3.18. The molecule has 1 saturated heterocycles. The molecule has 2 N–H and O–H groups in total. The highest BCUT2D eigenvalue weighted by atomic mass is 79.9. The monoisotopic (exact) mass is 405 g/mol. The maximum atomic E-state index is 4.32. The molecule has 8 heteroatoms. The van der Waals surface area contributed by atoms with Gasteiger partial charge in [0.05, 0.1) is 6.54 Å². The first kappa shape index (κ1) is 17.7. The molecule has 0 spiro atoms. The number of benzene rings is 1. The molecule has 3 rings (SSSR count). The maximum absolute atomic E-state index is 4.32. The number of hydrogen-bond donors (Lipinski definition) is 2. The second kappa shape index (κ2) is 7.86. The van der Waals surface area contributed by atoms with Crippen molar-refractivity contribution < 1.29 is 0 Å². The Morgan fingerprint density at radius 3 is 2.72 bits per heavy atom. The van der Waals surface area contributed by atoms with Crippen molar-refractivity contribution in [2.24, 2.45) is 12.0 Å². The van der Waals surface area contributed by atoms with Crippen LogP contribution in [0, 0.1) is 6.92 Å². The second-order valence-corrected chi connectivity index (χ2v) is 7.12. The summed E-state index contributed by atoms with van der Waals surface area (Å²) in [5.41, 5.74) is 1.25. The highest BCUT2D eigenvalue weighted by molar-refractivity contribution is 9.10. The van der Waals surface area contributed by atoms with Gasteiger partial charge in [-0.25, -0.2) is 0 Å². The number of nitrogens with one attached hydrogen (secondary N) is 2. The number of guanidine groups is 1. The molecule has 1 aliphatic rings. The molecule has 0 amide bonds. The van der Waals surface area contributed by atoms with Gasteiger partial charge in [-0.1, -0.05) is 15.9 Å². The quantitative estimate of drug-likeness (QED) is 0.599. The van der Waals surface area contributed by atoms with Crippen LogP contribution in [0.1, 0.15) is 18.1 Å². The zero-order chi connectivity index (χ0) is 17.8. The van der Waals surface area contributed by atoms with Crippen molar-refractivity contribution in [3.63, 3.8) is 0 Å². The number of aliphatic imine (C=N–C) groups is 1. The molecule has 7 nitrogen and oxygen atoms in total. The highest BCUT2D eigenvalue weighted by Crippen LogP contribution is 2.22. The summed E-state index contributed by atoms with van der Waals surface area (Å²) in [5, 5.41) is 15.1. The minimum atomic E-state index is 0.371. The van der Waals surface area contributed by atoms with E-state index in [1.165, 1.54) is 5.69 Å². The molecule has 0 saturated carbocycles. The van der Waals surface area contributed by atoms with E-state index in [1.807, 2.05) is 18.5 Å². The van der Waals surface area contributed by atoms with E-state index in [1.54, 1.807) is 7.05 Å². The van der Waals surface area contributed by atoms with Crippen molar-refractivity contribution in [2.75, 3.05) is 25.0 Å². The molecular formula is C17H24BrN7. The van der Waals surface area contributed by atoms with Crippen LogP contribution in [0.3, 0.4) is 0 Å². The lowest BCUT2D eigenvalue weighted by Gasteiger charge is -2.20. The van der Waals surface area contributed by atoms with Gasteiger partial charge in [-0.3, -0.25) is 4.99 Å². The first-order valence-electron chi connectivity index (χ1n) is 8.39. The molecule has 1 aromatic carbocycles. The topological polar surface area (TPSA) is 70.4 Å². The molecule has 1 unspecified atom stereocenters. The summed E-state index contributed by atoms with van der Waals surface area (Å²) in [6.07, 6.45) is 1.08. The molecule has 134 valence electrons. The molecule has 2 aromatic rings. The van der Waals surface area contributed by atoms with Crippen LogP contribution in [0.5, 0.6) is 0 Å². The van der Waals surface area contributed by atoms with Crippen LogP contribution in [0.15, 0.2) is 33.7 Å². The minimum absolute atomic E-state index is 0.371. The number of halogens is 1. The molecular weight excluding hydrogens is 382 g/mol. The molecule has 1 aliphatic heterocycles. The van der Waals surface area contributed by atoms with Gasteiger partial charge in [0, 0.05) is 43.4 Å². The number of anilines is 1. The lowest BCUT2D eigenvalue weighted by Crippen LogP contribution is -2.44. The predicted octanol–water partition coefficient (Wildman–Crippen LogP) is 1.83. The molecule has 1 fully saturated rings. The SMILES string of the molecule is CN=C(NCc1nnc(C)n1C)NC1CCN(c2ccc(Br)cc2)C1. The minimum Gasteiger partial charge on any atom is -0.369 e. The third-order valence-corrected chi connectivity index (χ3v) is 5.07. The van der Waals surface area contributed by atoms with Crippen LogP contribution in [-0.4, -0.2) is 46.9 Å². The molecule has 0 bridgehead atoms. The fourth-order valence-electron chi connectivity index (χ4n) is 2.92. The van der Waals surface area contributed by atoms with Crippen LogP contribution in [0.25, 0.3) is 0 Å². The standard InChI is InChI=1S/C17H24BrN7/c1-12-22-23-16(24(12)3)10-20-17(19-2)21-14-8-9-25(11-14)15-6-4-13(18)5-7-15/h4-7,14H,8-11H2,1-3H3,(H2,19,20,21). The lowest BCUT2D eigenvalue weighted by atomic mass is 10.3. The summed E-state index contributed by atoms with van der Waals surface area (Å²) in [5.74, 6) is 2.59. The largest absolute Gasteiger partial charge is 0.369 e. The Morgan fingerprint density at radius 1 is 1.32 bits per heavy atom. The number of aromatic nitrogens is 3. The smallest absolute Gasteiger partial charge is 0.191 e. The molecule has 25 heavy (non-hydrogen) atoms. The summed E-state index contributed by atoms with van der Waals surface area (Å²) in [6, 6.07) is 8.83. The average molecular weight is 406 g/mol. The molecule has 1 aromatic heterocycles. The van der Waals surface area contributed by atoms with Gasteiger partial charge in [0.2, 0.25) is 0 Å². The van der Waals surface area contributed by atoms with Crippen molar-refractivity contribution in [1.29, 1.82) is 0 Å². The summed E-state index contributed by atoms with van der Waals surface area (Å²) in [7, 11) is 3.76. The zero-order valence-corrected chi connectivity index (χ0v) is 16.4. The Kier molecular flexibility index (Phi) is 5.57. The van der Waals surface area contributed by atoms with Gasteiger partial charge in [-0.05, 0) is 37.6 Å². The second-order valence-electron chi connectivity index (χ2n) is 6.20. The van der Waals surface area contributed by atoms with E-state index in [2.05, 4.69) is 70.9 Å². The van der Waals surface area contributed by atoms with Crippen LogP contribution in [-0.2, 0) is 13.6 Å². The van der Waals surface area contributed by atoms with E-state index in [-0.39, 0.29) is 0 Å². The fraction of sp³-hybridized carbons (Fsp3) is 0.471. The van der Waals surface area contributed by atoms with Gasteiger partial charge in [0.1, 0.15) is 5.82 Å². The van der Waals surface area contributed by atoms with Gasteiger partial charge >= 0.3 is 0 Å². The Bertz CT molecular complexity index is 738. The predicted molar refractivity (Wildman–Crippen MR) is 104 cm³/mol. The first-order chi connectivity index (χ1) is 12.1. The van der Waals surface area contributed by atoms with Gasteiger partial charge in [0.25, 0.3) is 0 Å². The van der Waals surface area contributed by atoms with Gasteiger partial charge in [0.15, 0.2) is 11.8 Å². The number of aryl methyl sites for hydroxylation is 1. The Hall–Kier alpha value is -2.09. The number of rotatable bonds is 4. The van der Waals surface area contributed by atoms with E-state index in [0.717, 1.165) is 41.6 Å². The van der Waals surface area contributed by atoms with Gasteiger partial charge < -0.3 is 20.1 Å². The van der Waals surface area contributed by atoms with Crippen LogP contribution in [0.2, 0.25) is 0 Å². The third kappa shape index (κ3) is 4.31. The van der Waals surface area contributed by atoms with Crippen molar-refractivity contribution >= 4 is 27.6 Å². The summed E-state index contributed by atoms with van der Waals surface area (Å²) < 4.78 is 3.08. The van der Waals surface area contributed by atoms with Gasteiger partial charge in [-0.15, -0.1) is 10.2 Å². The first-order valence-corrected chi connectivity index (χ1v) is 9.18. The number of hydrogen-bond acceptors (Lipinski definition) is 4. The van der Waals surface area contributed by atoms with E-state index >= 15 is 0 Å². The Morgan fingerprint density at radius 2 is 2.08 bits per heavy atom. The summed E-state index contributed by atoms with van der Waals surface area (Å²) in [6.45, 7) is 4.54. The molecule has 1 atom stereocenters. The molecule has 0 radical (unpaired) electrons.